The van der Waals surface area contributed by atoms with Gasteiger partial charge < -0.3 is 20.1 Å². The highest BCUT2D eigenvalue weighted by atomic mass is 16.2. The summed E-state index contributed by atoms with van der Waals surface area (Å²) in [5.74, 6) is -0.427. The molecule has 0 unspecified atom stereocenters. The zero-order chi connectivity index (χ0) is 30.8. The summed E-state index contributed by atoms with van der Waals surface area (Å²) in [4.78, 5) is 58.3. The summed E-state index contributed by atoms with van der Waals surface area (Å²) in [6.45, 7) is 4.65. The van der Waals surface area contributed by atoms with Gasteiger partial charge in [-0.15, -0.1) is 0 Å². The van der Waals surface area contributed by atoms with Gasteiger partial charge in [0.25, 0.3) is 0 Å². The van der Waals surface area contributed by atoms with Crippen LogP contribution >= 0.6 is 0 Å². The second-order valence-electron chi connectivity index (χ2n) is 12.0. The van der Waals surface area contributed by atoms with E-state index in [1.807, 2.05) is 79.7 Å². The van der Waals surface area contributed by atoms with Crippen LogP contribution in [0.4, 0.5) is 5.69 Å². The van der Waals surface area contributed by atoms with Gasteiger partial charge in [-0.25, -0.2) is 0 Å². The lowest BCUT2D eigenvalue weighted by Crippen LogP contribution is -2.43. The first-order chi connectivity index (χ1) is 21.3. The van der Waals surface area contributed by atoms with E-state index >= 15 is 0 Å². The Hall–Kier alpha value is -4.72. The molecule has 0 spiro atoms. The van der Waals surface area contributed by atoms with Crippen molar-refractivity contribution < 1.29 is 19.2 Å². The van der Waals surface area contributed by atoms with Gasteiger partial charge in [0, 0.05) is 48.7 Å². The number of aromatic nitrogens is 1. The molecule has 4 aromatic rings. The number of likely N-dealkylation sites (tertiary alicyclic amines) is 2. The van der Waals surface area contributed by atoms with Crippen LogP contribution in [-0.2, 0) is 25.6 Å². The number of carbonyl (C=O) groups excluding carboxylic acids is 4. The lowest BCUT2D eigenvalue weighted by atomic mass is 9.97. The molecular weight excluding hydrogens is 552 g/mol. The Kier molecular flexibility index (Phi) is 8.33. The minimum absolute atomic E-state index is 0.0138. The summed E-state index contributed by atoms with van der Waals surface area (Å²) in [5, 5.41) is 3.95. The fourth-order valence-electron chi connectivity index (χ4n) is 6.64. The number of ketones is 1. The highest BCUT2D eigenvalue weighted by Crippen LogP contribution is 2.29. The van der Waals surface area contributed by atoms with Crippen molar-refractivity contribution in [3.05, 3.63) is 90.0 Å². The van der Waals surface area contributed by atoms with E-state index in [0.29, 0.717) is 31.6 Å². The van der Waals surface area contributed by atoms with E-state index in [2.05, 4.69) is 16.4 Å². The molecule has 3 aromatic carbocycles. The number of anilines is 1. The zero-order valence-electron chi connectivity index (χ0n) is 25.2. The predicted octanol–water partition coefficient (Wildman–Crippen LogP) is 5.69. The number of rotatable bonds is 8. The van der Waals surface area contributed by atoms with Gasteiger partial charge >= 0.3 is 0 Å². The Labute approximate surface area is 257 Å². The van der Waals surface area contributed by atoms with Gasteiger partial charge in [0.15, 0.2) is 5.78 Å². The van der Waals surface area contributed by atoms with E-state index in [0.717, 1.165) is 46.1 Å². The Morgan fingerprint density at radius 2 is 1.57 bits per heavy atom. The maximum absolute atomic E-state index is 13.4. The standard InChI is InChI=1S/C36H38N4O4/c1-23(26-8-4-3-5-9-26)36(44)40-19-6-10-32(40)34(42)21-25-12-17-30-28(20-25)22-31(38-30)27-13-15-29(16-14-27)37-35(43)33-11-7-18-39(33)24(2)41/h3-5,8-9,12-17,20,22-23,32-33,38H,6-7,10-11,18-19,21H2,1-2H3,(H,37,43)/t23-,32+,33+/m1/s1. The van der Waals surface area contributed by atoms with Crippen LogP contribution in [-0.4, -0.2) is 63.5 Å². The topological polar surface area (TPSA) is 103 Å². The molecule has 3 amide bonds. The Bertz CT molecular complexity index is 1690. The largest absolute Gasteiger partial charge is 0.355 e. The Morgan fingerprint density at radius 3 is 2.30 bits per heavy atom. The summed E-state index contributed by atoms with van der Waals surface area (Å²) in [6.07, 6.45) is 3.33. The molecule has 3 atom stereocenters. The van der Waals surface area contributed by atoms with Crippen LogP contribution in [0.3, 0.4) is 0 Å². The maximum atomic E-state index is 13.4. The number of fused-ring (bicyclic) bond motifs is 1. The summed E-state index contributed by atoms with van der Waals surface area (Å²) in [6, 6.07) is 24.6. The summed E-state index contributed by atoms with van der Waals surface area (Å²) < 4.78 is 0. The van der Waals surface area contributed by atoms with Crippen molar-refractivity contribution >= 4 is 40.1 Å². The Balaban J connectivity index is 1.11. The van der Waals surface area contributed by atoms with Crippen LogP contribution in [0.5, 0.6) is 0 Å². The highest BCUT2D eigenvalue weighted by Gasteiger charge is 2.36. The fourth-order valence-corrected chi connectivity index (χ4v) is 6.64. The number of hydrogen-bond acceptors (Lipinski definition) is 4. The summed E-state index contributed by atoms with van der Waals surface area (Å²) >= 11 is 0. The highest BCUT2D eigenvalue weighted by molar-refractivity contribution is 5.98. The molecule has 0 bridgehead atoms. The van der Waals surface area contributed by atoms with Crippen LogP contribution < -0.4 is 5.32 Å². The molecule has 2 aliphatic heterocycles. The van der Waals surface area contributed by atoms with E-state index in [1.54, 1.807) is 9.80 Å². The summed E-state index contributed by atoms with van der Waals surface area (Å²) in [5.41, 5.74) is 5.44. The van der Waals surface area contributed by atoms with Crippen molar-refractivity contribution in [2.75, 3.05) is 18.4 Å². The fraction of sp³-hybridized carbons (Fsp3) is 0.333. The molecule has 8 heteroatoms. The van der Waals surface area contributed by atoms with Crippen molar-refractivity contribution in [3.63, 3.8) is 0 Å². The monoisotopic (exact) mass is 590 g/mol. The first-order valence-electron chi connectivity index (χ1n) is 15.5. The Morgan fingerprint density at radius 1 is 0.864 bits per heavy atom. The number of amides is 3. The molecule has 2 aliphatic rings. The molecule has 3 heterocycles. The molecule has 44 heavy (non-hydrogen) atoms. The third kappa shape index (κ3) is 6.02. The third-order valence-electron chi connectivity index (χ3n) is 9.06. The molecule has 0 radical (unpaired) electrons. The van der Waals surface area contributed by atoms with Crippen LogP contribution in [0, 0.1) is 0 Å². The SMILES string of the molecule is CC(=O)N1CCC[C@H]1C(=O)Nc1ccc(-c2cc3cc(CC(=O)[C@@H]4CCCN4C(=O)[C@H](C)c4ccccc4)ccc3[nH]2)cc1. The smallest absolute Gasteiger partial charge is 0.247 e. The first kappa shape index (κ1) is 29.4. The molecule has 0 aliphatic carbocycles. The van der Waals surface area contributed by atoms with Gasteiger partial charge in [-0.1, -0.05) is 48.5 Å². The van der Waals surface area contributed by atoms with E-state index in [-0.39, 0.29) is 41.9 Å². The van der Waals surface area contributed by atoms with Gasteiger partial charge in [-0.3, -0.25) is 19.2 Å². The number of aromatic amines is 1. The van der Waals surface area contributed by atoms with Crippen LogP contribution in [0.25, 0.3) is 22.2 Å². The molecule has 2 N–H and O–H groups in total. The van der Waals surface area contributed by atoms with E-state index < -0.39 is 6.04 Å². The molecule has 6 rings (SSSR count). The average Bonchev–Trinajstić information content (AvgIpc) is 3.81. The molecule has 226 valence electrons. The number of nitrogens with zero attached hydrogens (tertiary/aromatic N) is 2. The lowest BCUT2D eigenvalue weighted by molar-refractivity contribution is -0.138. The number of hydrogen-bond donors (Lipinski definition) is 2. The summed E-state index contributed by atoms with van der Waals surface area (Å²) in [7, 11) is 0. The van der Waals surface area contributed by atoms with Crippen LogP contribution in [0.1, 0.15) is 56.6 Å². The number of benzene rings is 3. The van der Waals surface area contributed by atoms with Gasteiger partial charge in [0.05, 0.1) is 12.0 Å². The van der Waals surface area contributed by atoms with Gasteiger partial charge in [-0.2, -0.15) is 0 Å². The van der Waals surface area contributed by atoms with Gasteiger partial charge in [0.2, 0.25) is 17.7 Å². The van der Waals surface area contributed by atoms with Crippen molar-refractivity contribution in [2.45, 2.75) is 64.0 Å². The van der Waals surface area contributed by atoms with Gasteiger partial charge in [0.1, 0.15) is 6.04 Å². The molecule has 0 saturated carbocycles. The van der Waals surface area contributed by atoms with Crippen molar-refractivity contribution in [2.24, 2.45) is 0 Å². The van der Waals surface area contributed by atoms with Crippen molar-refractivity contribution in [1.82, 2.24) is 14.8 Å². The quantitative estimate of drug-likeness (QED) is 0.275. The molecule has 8 nitrogen and oxygen atoms in total. The second-order valence-corrected chi connectivity index (χ2v) is 12.0. The van der Waals surface area contributed by atoms with Crippen molar-refractivity contribution in [3.8, 4) is 11.3 Å². The average molecular weight is 591 g/mol. The first-order valence-corrected chi connectivity index (χ1v) is 15.5. The maximum Gasteiger partial charge on any atom is 0.247 e. The number of H-pyrrole nitrogens is 1. The molecule has 2 fully saturated rings. The van der Waals surface area contributed by atoms with E-state index in [4.69, 9.17) is 0 Å². The van der Waals surface area contributed by atoms with Crippen LogP contribution in [0.15, 0.2) is 78.9 Å². The van der Waals surface area contributed by atoms with E-state index in [1.165, 1.54) is 6.92 Å². The predicted molar refractivity (Wildman–Crippen MR) is 171 cm³/mol. The number of nitrogens with one attached hydrogen (secondary N) is 2. The number of Topliss-reactive ketones (excluding diaryl/α,β-unsaturated/α-hetero) is 1. The lowest BCUT2D eigenvalue weighted by Gasteiger charge is -2.27. The minimum atomic E-state index is -0.419. The van der Waals surface area contributed by atoms with Crippen molar-refractivity contribution in [1.29, 1.82) is 0 Å². The molecular formula is C36H38N4O4. The number of carbonyl (C=O) groups is 4. The minimum Gasteiger partial charge on any atom is -0.355 e. The molecule has 2 saturated heterocycles. The van der Waals surface area contributed by atoms with Crippen LogP contribution in [0.2, 0.25) is 0 Å². The zero-order valence-corrected chi connectivity index (χ0v) is 25.2. The molecule has 1 aromatic heterocycles. The van der Waals surface area contributed by atoms with Gasteiger partial charge in [-0.05, 0) is 79.6 Å². The third-order valence-corrected chi connectivity index (χ3v) is 9.06. The normalized spacial score (nSPS) is 18.9. The second kappa shape index (κ2) is 12.5. The van der Waals surface area contributed by atoms with E-state index in [9.17, 15) is 19.2 Å².